The van der Waals surface area contributed by atoms with Crippen molar-refractivity contribution >= 4 is 22.8 Å². The maximum atomic E-state index is 12.6. The van der Waals surface area contributed by atoms with Gasteiger partial charge in [-0.05, 0) is 30.0 Å². The number of esters is 2. The van der Waals surface area contributed by atoms with Crippen LogP contribution in [0.1, 0.15) is 19.0 Å². The summed E-state index contributed by atoms with van der Waals surface area (Å²) in [6.07, 6.45) is 0.300. The van der Waals surface area contributed by atoms with Crippen molar-refractivity contribution in [2.75, 3.05) is 14.2 Å². The zero-order chi connectivity index (χ0) is 18.6. The fourth-order valence-electron chi connectivity index (χ4n) is 3.17. The van der Waals surface area contributed by atoms with Crippen LogP contribution in [0.25, 0.3) is 10.9 Å². The highest BCUT2D eigenvalue weighted by atomic mass is 16.5. The van der Waals surface area contributed by atoms with Gasteiger partial charge < -0.3 is 14.0 Å². The normalized spacial score (nSPS) is 11.0. The Balaban J connectivity index is 2.60. The SMILES string of the molecule is C=C=C(C)CC(Cc1cc2ccccc2n1C)(C(=O)OC)C(=O)OC. The van der Waals surface area contributed by atoms with Crippen molar-refractivity contribution in [3.05, 3.63) is 53.9 Å². The van der Waals surface area contributed by atoms with Crippen LogP contribution in [0.5, 0.6) is 0 Å². The fraction of sp³-hybridized carbons (Fsp3) is 0.350. The van der Waals surface area contributed by atoms with E-state index < -0.39 is 17.4 Å². The average molecular weight is 341 g/mol. The Morgan fingerprint density at radius 3 is 2.32 bits per heavy atom. The minimum absolute atomic E-state index is 0.136. The summed E-state index contributed by atoms with van der Waals surface area (Å²) in [5.74, 6) is -1.25. The van der Waals surface area contributed by atoms with Gasteiger partial charge in [0.05, 0.1) is 14.2 Å². The molecule has 5 heteroatoms. The first-order valence-electron chi connectivity index (χ1n) is 7.95. The van der Waals surface area contributed by atoms with E-state index in [1.807, 2.05) is 41.9 Å². The number of hydrogen-bond acceptors (Lipinski definition) is 4. The minimum Gasteiger partial charge on any atom is -0.468 e. The van der Waals surface area contributed by atoms with Crippen molar-refractivity contribution in [2.45, 2.75) is 19.8 Å². The van der Waals surface area contributed by atoms with E-state index in [0.29, 0.717) is 5.57 Å². The number of allylic oxidation sites excluding steroid dienone is 1. The van der Waals surface area contributed by atoms with Crippen LogP contribution in [0.3, 0.4) is 0 Å². The predicted molar refractivity (Wildman–Crippen MR) is 96.0 cm³/mol. The van der Waals surface area contributed by atoms with Crippen LogP contribution in [0, 0.1) is 5.41 Å². The number of carbonyl (C=O) groups excluding carboxylic acids is 2. The van der Waals surface area contributed by atoms with E-state index in [0.717, 1.165) is 16.6 Å². The molecule has 0 spiro atoms. The third-order valence-corrected chi connectivity index (χ3v) is 4.55. The third kappa shape index (κ3) is 3.37. The van der Waals surface area contributed by atoms with Crippen molar-refractivity contribution in [3.63, 3.8) is 0 Å². The van der Waals surface area contributed by atoms with Crippen molar-refractivity contribution in [2.24, 2.45) is 12.5 Å². The lowest BCUT2D eigenvalue weighted by molar-refractivity contribution is -0.169. The fourth-order valence-corrected chi connectivity index (χ4v) is 3.17. The predicted octanol–water partition coefficient (Wildman–Crippen LogP) is 3.17. The molecule has 0 aliphatic rings. The van der Waals surface area contributed by atoms with Crippen LogP contribution >= 0.6 is 0 Å². The van der Waals surface area contributed by atoms with Gasteiger partial charge in [-0.2, -0.15) is 0 Å². The lowest BCUT2D eigenvalue weighted by Gasteiger charge is -2.28. The Bertz CT molecular complexity index is 840. The molecule has 0 fully saturated rings. The van der Waals surface area contributed by atoms with Gasteiger partial charge in [0.15, 0.2) is 5.41 Å². The lowest BCUT2D eigenvalue weighted by Crippen LogP contribution is -2.43. The summed E-state index contributed by atoms with van der Waals surface area (Å²) in [5.41, 5.74) is 3.83. The van der Waals surface area contributed by atoms with Crippen LogP contribution in [0.15, 0.2) is 48.2 Å². The van der Waals surface area contributed by atoms with E-state index >= 15 is 0 Å². The number of fused-ring (bicyclic) bond motifs is 1. The maximum absolute atomic E-state index is 12.6. The van der Waals surface area contributed by atoms with Gasteiger partial charge in [0, 0.05) is 31.1 Å². The molecule has 1 heterocycles. The van der Waals surface area contributed by atoms with Crippen LogP contribution in [-0.4, -0.2) is 30.7 Å². The van der Waals surface area contributed by atoms with Crippen LogP contribution in [0.4, 0.5) is 0 Å². The first kappa shape index (κ1) is 18.6. The van der Waals surface area contributed by atoms with Crippen LogP contribution in [-0.2, 0) is 32.5 Å². The number of ether oxygens (including phenoxy) is 2. The van der Waals surface area contributed by atoms with E-state index in [-0.39, 0.29) is 12.8 Å². The summed E-state index contributed by atoms with van der Waals surface area (Å²) in [7, 11) is 4.45. The van der Waals surface area contributed by atoms with Crippen LogP contribution in [0.2, 0.25) is 0 Å². The summed E-state index contributed by atoms with van der Waals surface area (Å²) in [6, 6.07) is 9.86. The van der Waals surface area contributed by atoms with Crippen molar-refractivity contribution in [3.8, 4) is 0 Å². The molecule has 0 aliphatic heterocycles. The summed E-state index contributed by atoms with van der Waals surface area (Å²) < 4.78 is 11.9. The molecular formula is C20H23NO4. The molecule has 0 amide bonds. The number of hydrogen-bond donors (Lipinski definition) is 0. The van der Waals surface area contributed by atoms with Gasteiger partial charge in [0.1, 0.15) is 0 Å². The highest BCUT2D eigenvalue weighted by Gasteiger charge is 2.49. The lowest BCUT2D eigenvalue weighted by atomic mass is 9.77. The number of aryl methyl sites for hydroxylation is 1. The number of carbonyl (C=O) groups is 2. The summed E-state index contributed by atoms with van der Waals surface area (Å²) in [4.78, 5) is 25.2. The van der Waals surface area contributed by atoms with Gasteiger partial charge in [0.25, 0.3) is 0 Å². The molecule has 2 rings (SSSR count). The zero-order valence-electron chi connectivity index (χ0n) is 15.1. The molecule has 0 bridgehead atoms. The first-order valence-corrected chi connectivity index (χ1v) is 7.95. The molecule has 0 aliphatic carbocycles. The van der Waals surface area contributed by atoms with Gasteiger partial charge in [-0.25, -0.2) is 0 Å². The quantitative estimate of drug-likeness (QED) is 0.460. The monoisotopic (exact) mass is 341 g/mol. The molecule has 2 aromatic rings. The Morgan fingerprint density at radius 2 is 1.80 bits per heavy atom. The third-order valence-electron chi connectivity index (χ3n) is 4.55. The van der Waals surface area contributed by atoms with Gasteiger partial charge in [-0.1, -0.05) is 24.8 Å². The Labute approximate surface area is 147 Å². The molecule has 1 aromatic carbocycles. The number of benzene rings is 1. The summed E-state index contributed by atoms with van der Waals surface area (Å²) in [6.45, 7) is 5.38. The standard InChI is InChI=1S/C20H23NO4/c1-6-14(2)12-20(18(22)24-4,19(23)25-5)13-16-11-15-9-7-8-10-17(15)21(16)3/h7-11H,1,12-13H2,2-5H3. The zero-order valence-corrected chi connectivity index (χ0v) is 15.1. The number of aromatic nitrogens is 1. The first-order chi connectivity index (χ1) is 11.9. The maximum Gasteiger partial charge on any atom is 0.323 e. The van der Waals surface area contributed by atoms with E-state index in [1.54, 1.807) is 6.92 Å². The topological polar surface area (TPSA) is 57.5 Å². The molecule has 0 atom stereocenters. The molecule has 5 nitrogen and oxygen atoms in total. The molecule has 132 valence electrons. The van der Waals surface area contributed by atoms with Gasteiger partial charge >= 0.3 is 11.9 Å². The molecular weight excluding hydrogens is 318 g/mol. The van der Waals surface area contributed by atoms with Gasteiger partial charge in [0.2, 0.25) is 0 Å². The van der Waals surface area contributed by atoms with E-state index in [4.69, 9.17) is 9.47 Å². The molecule has 0 radical (unpaired) electrons. The van der Waals surface area contributed by atoms with Gasteiger partial charge in [-0.15, -0.1) is 5.73 Å². The number of rotatable bonds is 6. The molecule has 0 unspecified atom stereocenters. The number of methoxy groups -OCH3 is 2. The molecule has 0 N–H and O–H groups in total. The summed E-state index contributed by atoms with van der Waals surface area (Å²) in [5, 5.41) is 1.04. The second-order valence-corrected chi connectivity index (χ2v) is 6.13. The van der Waals surface area contributed by atoms with Crippen molar-refractivity contribution in [1.29, 1.82) is 0 Å². The number of para-hydroxylation sites is 1. The largest absolute Gasteiger partial charge is 0.468 e. The Hall–Kier alpha value is -2.78. The van der Waals surface area contributed by atoms with E-state index in [1.165, 1.54) is 14.2 Å². The highest BCUT2D eigenvalue weighted by Crippen LogP contribution is 2.35. The van der Waals surface area contributed by atoms with Crippen molar-refractivity contribution < 1.29 is 19.1 Å². The Morgan fingerprint density at radius 1 is 1.20 bits per heavy atom. The number of nitrogens with zero attached hydrogens (tertiary/aromatic N) is 1. The second-order valence-electron chi connectivity index (χ2n) is 6.13. The average Bonchev–Trinajstić information content (AvgIpc) is 2.95. The summed E-state index contributed by atoms with van der Waals surface area (Å²) >= 11 is 0. The van der Waals surface area contributed by atoms with Crippen molar-refractivity contribution in [1.82, 2.24) is 4.57 Å². The molecule has 1 aromatic heterocycles. The molecule has 25 heavy (non-hydrogen) atoms. The smallest absolute Gasteiger partial charge is 0.323 e. The van der Waals surface area contributed by atoms with E-state index in [2.05, 4.69) is 12.3 Å². The minimum atomic E-state index is -1.47. The van der Waals surface area contributed by atoms with Gasteiger partial charge in [-0.3, -0.25) is 9.59 Å². The van der Waals surface area contributed by atoms with E-state index in [9.17, 15) is 9.59 Å². The second kappa shape index (κ2) is 7.41. The molecule has 0 saturated carbocycles. The molecule has 0 saturated heterocycles. The Kier molecular flexibility index (Phi) is 5.50. The highest BCUT2D eigenvalue weighted by molar-refractivity contribution is 6.00. The van der Waals surface area contributed by atoms with Crippen LogP contribution < -0.4 is 0 Å².